The Balaban J connectivity index is 0.000000509. The van der Waals surface area contributed by atoms with E-state index < -0.39 is 18.2 Å². The Morgan fingerprint density at radius 1 is 1.18 bits per heavy atom. The summed E-state index contributed by atoms with van der Waals surface area (Å²) in [6.07, 6.45) is -5.03. The van der Waals surface area contributed by atoms with Gasteiger partial charge in [0.05, 0.1) is 5.02 Å². The van der Waals surface area contributed by atoms with Gasteiger partial charge in [0.2, 0.25) is 0 Å². The molecular formula is C23H26Cl2F3NO5. The van der Waals surface area contributed by atoms with Crippen LogP contribution in [0.2, 0.25) is 10.0 Å². The summed E-state index contributed by atoms with van der Waals surface area (Å²) in [6, 6.07) is 13.3. The molecular weight excluding hydrogens is 498 g/mol. The molecule has 0 aliphatic carbocycles. The maximum atomic E-state index is 10.6. The Morgan fingerprint density at radius 3 is 2.35 bits per heavy atom. The molecule has 0 spiro atoms. The van der Waals surface area contributed by atoms with Crippen LogP contribution in [0.3, 0.4) is 0 Å². The number of ether oxygens (including phenoxy) is 2. The molecule has 6 nitrogen and oxygen atoms in total. The molecule has 11 heteroatoms. The van der Waals surface area contributed by atoms with E-state index in [9.17, 15) is 18.3 Å². The lowest BCUT2D eigenvalue weighted by atomic mass is 10.0. The number of hydrogen-bond donors (Lipinski definition) is 3. The first-order valence-electron chi connectivity index (χ1n) is 10.4. The molecule has 34 heavy (non-hydrogen) atoms. The van der Waals surface area contributed by atoms with E-state index in [1.807, 2.05) is 12.1 Å². The van der Waals surface area contributed by atoms with Gasteiger partial charge in [-0.15, -0.1) is 0 Å². The van der Waals surface area contributed by atoms with E-state index in [2.05, 4.69) is 31.3 Å². The number of aliphatic hydroxyl groups is 1. The van der Waals surface area contributed by atoms with Crippen LogP contribution < -0.4 is 14.8 Å². The SMILES string of the molecule is CC(C)c1ccc(OC2CN[C@@H](C(O)COc3cccc(Cl)c3Cl)C2)cc1.O=C(O)C(F)(F)F. The molecule has 2 aromatic carbocycles. The third-order valence-corrected chi connectivity index (χ3v) is 5.81. The molecule has 3 rings (SSSR count). The number of carboxylic acids is 1. The van der Waals surface area contributed by atoms with Crippen molar-refractivity contribution in [1.29, 1.82) is 0 Å². The summed E-state index contributed by atoms with van der Waals surface area (Å²) in [6.45, 7) is 5.15. The van der Waals surface area contributed by atoms with Gasteiger partial charge in [0, 0.05) is 19.0 Å². The van der Waals surface area contributed by atoms with Gasteiger partial charge in [-0.25, -0.2) is 4.79 Å². The minimum absolute atomic E-state index is 0.0179. The number of rotatable bonds is 7. The van der Waals surface area contributed by atoms with Gasteiger partial charge in [-0.2, -0.15) is 13.2 Å². The zero-order valence-electron chi connectivity index (χ0n) is 18.5. The van der Waals surface area contributed by atoms with E-state index in [4.69, 9.17) is 42.6 Å². The summed E-state index contributed by atoms with van der Waals surface area (Å²) in [5, 5.41) is 21.7. The number of hydrogen-bond acceptors (Lipinski definition) is 5. The van der Waals surface area contributed by atoms with Gasteiger partial charge >= 0.3 is 12.1 Å². The van der Waals surface area contributed by atoms with Gasteiger partial charge in [-0.3, -0.25) is 0 Å². The summed E-state index contributed by atoms with van der Waals surface area (Å²) < 4.78 is 43.4. The van der Waals surface area contributed by atoms with Gasteiger partial charge < -0.3 is 25.0 Å². The summed E-state index contributed by atoms with van der Waals surface area (Å²) in [5.74, 6) is -0.935. The third-order valence-electron chi connectivity index (χ3n) is 5.01. The average Bonchev–Trinajstić information content (AvgIpc) is 3.23. The van der Waals surface area contributed by atoms with Gasteiger partial charge in [0.15, 0.2) is 0 Å². The molecule has 1 aliphatic rings. The average molecular weight is 524 g/mol. The van der Waals surface area contributed by atoms with Gasteiger partial charge in [-0.1, -0.05) is 55.2 Å². The second-order valence-corrected chi connectivity index (χ2v) is 8.73. The zero-order valence-corrected chi connectivity index (χ0v) is 20.0. The van der Waals surface area contributed by atoms with Crippen LogP contribution in [-0.2, 0) is 4.79 Å². The number of carbonyl (C=O) groups is 1. The molecule has 2 aromatic rings. The smallest absolute Gasteiger partial charge is 0.489 e. The fourth-order valence-electron chi connectivity index (χ4n) is 3.13. The summed E-state index contributed by atoms with van der Waals surface area (Å²) >= 11 is 12.1. The van der Waals surface area contributed by atoms with Crippen molar-refractivity contribution in [1.82, 2.24) is 5.32 Å². The Hall–Kier alpha value is -2.20. The van der Waals surface area contributed by atoms with Crippen molar-refractivity contribution in [3.63, 3.8) is 0 Å². The number of nitrogens with one attached hydrogen (secondary N) is 1. The zero-order chi connectivity index (χ0) is 25.5. The summed E-state index contributed by atoms with van der Waals surface area (Å²) in [5.41, 5.74) is 1.29. The minimum atomic E-state index is -5.08. The number of aliphatic carboxylic acids is 1. The number of halogens is 5. The van der Waals surface area contributed by atoms with Crippen LogP contribution >= 0.6 is 23.2 Å². The predicted molar refractivity (Wildman–Crippen MR) is 123 cm³/mol. The molecule has 3 N–H and O–H groups in total. The molecule has 3 atom stereocenters. The highest BCUT2D eigenvalue weighted by atomic mass is 35.5. The normalized spacial score (nSPS) is 18.7. The maximum Gasteiger partial charge on any atom is 0.490 e. The Bertz CT molecular complexity index is 941. The lowest BCUT2D eigenvalue weighted by Crippen LogP contribution is -2.38. The summed E-state index contributed by atoms with van der Waals surface area (Å²) in [4.78, 5) is 8.90. The first-order valence-corrected chi connectivity index (χ1v) is 11.2. The number of benzene rings is 2. The van der Waals surface area contributed by atoms with Crippen LogP contribution in [0.5, 0.6) is 11.5 Å². The quantitative estimate of drug-likeness (QED) is 0.456. The lowest BCUT2D eigenvalue weighted by Gasteiger charge is -2.19. The second kappa shape index (κ2) is 12.5. The van der Waals surface area contributed by atoms with Crippen molar-refractivity contribution < 1.29 is 37.7 Å². The largest absolute Gasteiger partial charge is 0.490 e. The van der Waals surface area contributed by atoms with E-state index in [1.165, 1.54) is 5.56 Å². The topological polar surface area (TPSA) is 88.0 Å². The Kier molecular flexibility index (Phi) is 10.3. The van der Waals surface area contributed by atoms with Crippen molar-refractivity contribution in [2.75, 3.05) is 13.2 Å². The fraction of sp³-hybridized carbons (Fsp3) is 0.435. The molecule has 1 fully saturated rings. The minimum Gasteiger partial charge on any atom is -0.489 e. The molecule has 0 bridgehead atoms. The van der Waals surface area contributed by atoms with Crippen molar-refractivity contribution in [3.05, 3.63) is 58.1 Å². The number of alkyl halides is 3. The van der Waals surface area contributed by atoms with E-state index in [0.29, 0.717) is 34.7 Å². The van der Waals surface area contributed by atoms with Gasteiger partial charge in [0.1, 0.15) is 35.3 Å². The number of aliphatic hydroxyl groups excluding tert-OH is 1. The monoisotopic (exact) mass is 523 g/mol. The van der Waals surface area contributed by atoms with Crippen molar-refractivity contribution in [2.45, 2.75) is 50.6 Å². The van der Waals surface area contributed by atoms with E-state index in [1.54, 1.807) is 18.2 Å². The molecule has 1 heterocycles. The van der Waals surface area contributed by atoms with Crippen molar-refractivity contribution in [2.24, 2.45) is 0 Å². The van der Waals surface area contributed by atoms with Crippen LogP contribution in [0.4, 0.5) is 13.2 Å². The first kappa shape index (κ1) is 28.0. The molecule has 188 valence electrons. The van der Waals surface area contributed by atoms with Crippen LogP contribution in [0.1, 0.15) is 31.7 Å². The van der Waals surface area contributed by atoms with Crippen LogP contribution in [0, 0.1) is 0 Å². The third kappa shape index (κ3) is 8.54. The highest BCUT2D eigenvalue weighted by molar-refractivity contribution is 6.42. The molecule has 2 unspecified atom stereocenters. The predicted octanol–water partition coefficient (Wildman–Crippen LogP) is 5.30. The Morgan fingerprint density at radius 2 is 1.79 bits per heavy atom. The molecule has 0 amide bonds. The number of carboxylic acid groups (broad SMARTS) is 1. The summed E-state index contributed by atoms with van der Waals surface area (Å²) in [7, 11) is 0. The first-order chi connectivity index (χ1) is 15.9. The standard InChI is InChI=1S/C21H25Cl2NO3.C2HF3O2/c1-13(2)14-6-8-15(9-7-14)27-16-10-18(24-11-16)19(25)12-26-20-5-3-4-17(22)21(20)23;3-2(4,5)1(6)7/h3-9,13,16,18-19,24-25H,10-12H2,1-2H3;(H,6,7)/t16?,18-,19?;/m1./s1. The van der Waals surface area contributed by atoms with E-state index >= 15 is 0 Å². The van der Waals surface area contributed by atoms with Crippen molar-refractivity contribution in [3.8, 4) is 11.5 Å². The molecule has 0 saturated carbocycles. The van der Waals surface area contributed by atoms with E-state index in [-0.39, 0.29) is 18.8 Å². The lowest BCUT2D eigenvalue weighted by molar-refractivity contribution is -0.192. The van der Waals surface area contributed by atoms with Crippen LogP contribution in [-0.4, -0.2) is 53.8 Å². The maximum absolute atomic E-state index is 10.6. The highest BCUT2D eigenvalue weighted by Gasteiger charge is 2.38. The molecule has 0 radical (unpaired) electrons. The molecule has 0 aromatic heterocycles. The van der Waals surface area contributed by atoms with E-state index in [0.717, 1.165) is 5.75 Å². The Labute approximate surface area is 205 Å². The van der Waals surface area contributed by atoms with Crippen molar-refractivity contribution >= 4 is 29.2 Å². The van der Waals surface area contributed by atoms with Gasteiger partial charge in [0.25, 0.3) is 0 Å². The van der Waals surface area contributed by atoms with Crippen LogP contribution in [0.15, 0.2) is 42.5 Å². The highest BCUT2D eigenvalue weighted by Crippen LogP contribution is 2.31. The second-order valence-electron chi connectivity index (χ2n) is 7.95. The molecule has 1 aliphatic heterocycles. The molecule has 1 saturated heterocycles. The van der Waals surface area contributed by atoms with Crippen LogP contribution in [0.25, 0.3) is 0 Å². The fourth-order valence-corrected chi connectivity index (χ4v) is 3.47. The van der Waals surface area contributed by atoms with Gasteiger partial charge in [-0.05, 0) is 35.7 Å².